The Balaban J connectivity index is 1.78. The number of phosphoric ester groups is 1. The van der Waals surface area contributed by atoms with Crippen LogP contribution < -0.4 is 17.2 Å². The van der Waals surface area contributed by atoms with Crippen LogP contribution in [0.1, 0.15) is 55.7 Å². The van der Waals surface area contributed by atoms with Crippen molar-refractivity contribution in [2.75, 3.05) is 18.9 Å². The van der Waals surface area contributed by atoms with E-state index < -0.39 is 65.2 Å². The maximum Gasteiger partial charge on any atom is 0.490 e. The second-order valence-electron chi connectivity index (χ2n) is 10.6. The molecule has 0 amide bonds. The Labute approximate surface area is 272 Å². The fraction of sp³-hybridized carbons (Fsp3) is 0.500. The fourth-order valence-corrected chi connectivity index (χ4v) is 7.48. The number of nitrogens with zero attached hydrogens (tertiary/aromatic N) is 3. The molecule has 1 aromatic heterocycles. The van der Waals surface area contributed by atoms with Crippen LogP contribution in [0.25, 0.3) is 0 Å². The summed E-state index contributed by atoms with van der Waals surface area (Å²) in [6, 6.07) is 4.44. The lowest BCUT2D eigenvalue weighted by Crippen LogP contribution is -2.29. The van der Waals surface area contributed by atoms with Crippen molar-refractivity contribution in [3.63, 3.8) is 0 Å². The van der Waals surface area contributed by atoms with Gasteiger partial charge in [0, 0.05) is 29.8 Å². The number of aromatic nitrogens is 2. The van der Waals surface area contributed by atoms with Crippen LogP contribution in [-0.4, -0.2) is 64.5 Å². The molecule has 21 nitrogen and oxygen atoms in total. The summed E-state index contributed by atoms with van der Waals surface area (Å²) in [5, 5.41) is 22.4. The molecule has 0 saturated carbocycles. The molecule has 6 atom stereocenters. The molecule has 1 aromatic carbocycles. The monoisotopic (exact) mass is 741 g/mol. The van der Waals surface area contributed by atoms with Crippen molar-refractivity contribution >= 4 is 35.0 Å². The number of aliphatic hydroxyl groups is 1. The molecule has 0 spiro atoms. The number of hydrogen-bond donors (Lipinski definition) is 7. The Bertz CT molecular complexity index is 1750. The molecular formula is C24H34N5O16P3. The van der Waals surface area contributed by atoms with Gasteiger partial charge in [0.2, 0.25) is 0 Å². The predicted molar refractivity (Wildman–Crippen MR) is 163 cm³/mol. The molecule has 1 fully saturated rings. The molecule has 1 saturated heterocycles. The largest absolute Gasteiger partial charge is 0.490 e. The van der Waals surface area contributed by atoms with E-state index in [9.17, 15) is 43.5 Å². The highest BCUT2D eigenvalue weighted by molar-refractivity contribution is 7.66. The number of hydrogen-bond acceptors (Lipinski definition) is 15. The minimum Gasteiger partial charge on any atom is -0.390 e. The first-order valence-electron chi connectivity index (χ1n) is 13.8. The maximum atomic E-state index is 12.7. The Morgan fingerprint density at radius 3 is 2.48 bits per heavy atom. The lowest BCUT2D eigenvalue weighted by Gasteiger charge is -2.22. The predicted octanol–water partition coefficient (Wildman–Crippen LogP) is 1.34. The van der Waals surface area contributed by atoms with Gasteiger partial charge in [0.05, 0.1) is 42.5 Å². The number of benzene rings is 1. The summed E-state index contributed by atoms with van der Waals surface area (Å²) in [6.07, 6.45) is -3.57. The lowest BCUT2D eigenvalue weighted by atomic mass is 9.96. The number of anilines is 1. The van der Waals surface area contributed by atoms with Crippen molar-refractivity contribution < 1.29 is 65.9 Å². The van der Waals surface area contributed by atoms with Crippen LogP contribution in [0.2, 0.25) is 0 Å². The van der Waals surface area contributed by atoms with Crippen molar-refractivity contribution in [1.82, 2.24) is 9.55 Å². The zero-order valence-electron chi connectivity index (χ0n) is 25.3. The average molecular weight is 741 g/mol. The molecule has 24 heteroatoms. The van der Waals surface area contributed by atoms with Crippen molar-refractivity contribution in [2.24, 2.45) is 11.7 Å². The van der Waals surface area contributed by atoms with Gasteiger partial charge in [-0.25, -0.2) is 18.5 Å². The fourth-order valence-electron chi connectivity index (χ4n) is 4.45. The second-order valence-corrected chi connectivity index (χ2v) is 15.0. The average Bonchev–Trinajstić information content (AvgIpc) is 3.31. The highest BCUT2D eigenvalue weighted by Crippen LogP contribution is 2.66. The zero-order chi connectivity index (χ0) is 36.0. The molecule has 2 heterocycles. The van der Waals surface area contributed by atoms with Crippen LogP contribution >= 0.6 is 23.5 Å². The summed E-state index contributed by atoms with van der Waals surface area (Å²) in [4.78, 5) is 64.1. The molecule has 0 radical (unpaired) electrons. The smallest absolute Gasteiger partial charge is 0.390 e. The number of aliphatic hydroxyl groups excluding tert-OH is 1. The summed E-state index contributed by atoms with van der Waals surface area (Å²) in [7, 11) is -16.9. The number of nitro benzene ring substituents is 1. The van der Waals surface area contributed by atoms with Crippen LogP contribution in [0.3, 0.4) is 0 Å². The summed E-state index contributed by atoms with van der Waals surface area (Å²) < 4.78 is 58.8. The van der Waals surface area contributed by atoms with Crippen molar-refractivity contribution in [3.8, 4) is 11.8 Å². The highest BCUT2D eigenvalue weighted by Gasteiger charge is 2.43. The minimum atomic E-state index is -5.77. The van der Waals surface area contributed by atoms with E-state index in [0.717, 1.165) is 4.57 Å². The summed E-state index contributed by atoms with van der Waals surface area (Å²) in [5.74, 6) is 5.20. The molecule has 0 bridgehead atoms. The van der Waals surface area contributed by atoms with Gasteiger partial charge in [0.1, 0.15) is 18.1 Å². The van der Waals surface area contributed by atoms with Crippen molar-refractivity contribution in [3.05, 3.63) is 61.7 Å². The van der Waals surface area contributed by atoms with Gasteiger partial charge in [0.25, 0.3) is 5.69 Å². The summed E-state index contributed by atoms with van der Waals surface area (Å²) in [5.41, 5.74) is 11.1. The summed E-state index contributed by atoms with van der Waals surface area (Å²) >= 11 is 0. The van der Waals surface area contributed by atoms with Crippen LogP contribution in [0.15, 0.2) is 29.2 Å². The van der Waals surface area contributed by atoms with E-state index in [1.165, 1.54) is 18.3 Å². The number of phosphoric acid groups is 3. The topological polar surface area (TPSA) is 329 Å². The number of nitro groups is 1. The molecule has 2 aromatic rings. The Hall–Kier alpha value is -2.89. The van der Waals surface area contributed by atoms with Gasteiger partial charge in [0.15, 0.2) is 0 Å². The van der Waals surface area contributed by atoms with Crippen LogP contribution in [0.4, 0.5) is 11.5 Å². The van der Waals surface area contributed by atoms with Crippen LogP contribution in [0, 0.1) is 27.9 Å². The SMILES string of the molecule is CC(C)C[C@@H](OCc1cn([C@H]2C[C@@H](O)[C@@H](COP(=O)(O)OP(=O)(O)OP(=O)(O)O)O2)c(=O)nc1N)c1ccc(C#CCN)cc1[N+](=O)[O-]. The van der Waals surface area contributed by atoms with Gasteiger partial charge in [-0.3, -0.25) is 19.2 Å². The van der Waals surface area contributed by atoms with E-state index in [4.69, 9.17) is 30.7 Å². The standard InChI is InChI=1S/C24H34N5O16P3/c1-14(2)8-20(17-6-5-15(4-3-7-25)9-18(17)29(32)33)41-12-16-11-28(24(31)27-23(16)26)22-10-19(30)21(43-22)13-42-47(37,38)45-48(39,40)44-46(34,35)36/h5-6,9,11,14,19-22,30H,7-8,10,12-13,25H2,1-2H3,(H,37,38)(H,39,40)(H2,26,27,31)(H2,34,35,36)/t19-,20-,21-,22-/m1/s1. The Kier molecular flexibility index (Phi) is 13.4. The van der Waals surface area contributed by atoms with E-state index in [2.05, 4.69) is 30.0 Å². The normalized spacial score (nSPS) is 21.2. The number of ether oxygens (including phenoxy) is 2. The third kappa shape index (κ3) is 11.6. The lowest BCUT2D eigenvalue weighted by molar-refractivity contribution is -0.386. The van der Waals surface area contributed by atoms with E-state index >= 15 is 0 Å². The Morgan fingerprint density at radius 1 is 1.19 bits per heavy atom. The van der Waals surface area contributed by atoms with E-state index in [-0.39, 0.29) is 48.1 Å². The second kappa shape index (κ2) is 16.2. The highest BCUT2D eigenvalue weighted by atomic mass is 31.3. The third-order valence-electron chi connectivity index (χ3n) is 6.43. The van der Waals surface area contributed by atoms with Crippen LogP contribution in [0.5, 0.6) is 0 Å². The molecule has 48 heavy (non-hydrogen) atoms. The summed E-state index contributed by atoms with van der Waals surface area (Å²) in [6.45, 7) is 2.62. The number of nitrogens with two attached hydrogens (primary N) is 2. The van der Waals surface area contributed by atoms with Gasteiger partial charge in [-0.15, -0.1) is 0 Å². The maximum absolute atomic E-state index is 12.7. The molecular weight excluding hydrogens is 707 g/mol. The minimum absolute atomic E-state index is 0.0332. The molecule has 266 valence electrons. The Morgan fingerprint density at radius 2 is 1.88 bits per heavy atom. The third-order valence-corrected chi connectivity index (χ3v) is 10.2. The van der Waals surface area contributed by atoms with Gasteiger partial charge < -0.3 is 45.6 Å². The van der Waals surface area contributed by atoms with E-state index in [1.54, 1.807) is 6.07 Å². The number of rotatable bonds is 15. The molecule has 0 aliphatic carbocycles. The molecule has 9 N–H and O–H groups in total. The van der Waals surface area contributed by atoms with Gasteiger partial charge in [-0.05, 0) is 24.5 Å². The van der Waals surface area contributed by atoms with Crippen molar-refractivity contribution in [2.45, 2.75) is 57.8 Å². The molecule has 2 unspecified atom stereocenters. The van der Waals surface area contributed by atoms with Gasteiger partial charge in [-0.1, -0.05) is 25.7 Å². The van der Waals surface area contributed by atoms with E-state index in [0.29, 0.717) is 12.0 Å². The molecule has 3 rings (SSSR count). The van der Waals surface area contributed by atoms with Crippen LogP contribution in [-0.2, 0) is 42.9 Å². The first-order valence-corrected chi connectivity index (χ1v) is 18.3. The molecule has 1 aliphatic heterocycles. The first-order chi connectivity index (χ1) is 22.2. The quantitative estimate of drug-likeness (QED) is 0.0586. The van der Waals surface area contributed by atoms with E-state index in [1.807, 2.05) is 13.8 Å². The van der Waals surface area contributed by atoms with Gasteiger partial charge >= 0.3 is 29.2 Å². The zero-order valence-corrected chi connectivity index (χ0v) is 28.0. The van der Waals surface area contributed by atoms with Gasteiger partial charge in [-0.2, -0.15) is 13.6 Å². The first kappa shape index (κ1) is 39.5. The molecule has 1 aliphatic rings. The van der Waals surface area contributed by atoms with Crippen molar-refractivity contribution in [1.29, 1.82) is 0 Å². The number of nitrogen functional groups attached to an aromatic ring is 1.